The Kier molecular flexibility index (Phi) is 3.91. The Morgan fingerprint density at radius 3 is 2.88 bits per heavy atom. The molecule has 2 rings (SSSR count). The average Bonchev–Trinajstić information content (AvgIpc) is 2.33. The van der Waals surface area contributed by atoms with E-state index in [1.165, 1.54) is 5.56 Å². The lowest BCUT2D eigenvalue weighted by atomic mass is 9.62. The summed E-state index contributed by atoms with van der Waals surface area (Å²) in [6, 6.07) is 8.54. The Bertz CT molecular complexity index is 396. The molecule has 3 atom stereocenters. The second-order valence-electron chi connectivity index (χ2n) is 5.13. The predicted molar refractivity (Wildman–Crippen MR) is 73.7 cm³/mol. The van der Waals surface area contributed by atoms with E-state index in [0.717, 1.165) is 17.3 Å². The molecule has 0 bridgehead atoms. The molecule has 3 heteroatoms. The topological polar surface area (TPSA) is 35.2 Å². The Balaban J connectivity index is 1.91. The van der Waals surface area contributed by atoms with Crippen LogP contribution < -0.4 is 5.73 Å². The number of hydrogen-bond donors (Lipinski definition) is 1. The maximum Gasteiger partial charge on any atom is 0.0721 e. The van der Waals surface area contributed by atoms with Gasteiger partial charge in [0, 0.05) is 15.9 Å². The third-order valence-corrected chi connectivity index (χ3v) is 4.65. The molecule has 2 nitrogen and oxygen atoms in total. The van der Waals surface area contributed by atoms with Crippen LogP contribution in [0.4, 0.5) is 0 Å². The second kappa shape index (κ2) is 5.09. The summed E-state index contributed by atoms with van der Waals surface area (Å²) in [7, 11) is 0. The van der Waals surface area contributed by atoms with Crippen LogP contribution in [0.25, 0.3) is 0 Å². The molecule has 2 N–H and O–H groups in total. The highest BCUT2D eigenvalue weighted by molar-refractivity contribution is 9.10. The van der Waals surface area contributed by atoms with Crippen molar-refractivity contribution >= 4 is 15.9 Å². The fourth-order valence-corrected chi connectivity index (χ4v) is 2.87. The maximum absolute atomic E-state index is 6.06. The fourth-order valence-electron chi connectivity index (χ4n) is 2.42. The van der Waals surface area contributed by atoms with Gasteiger partial charge in [0.15, 0.2) is 0 Å². The van der Waals surface area contributed by atoms with Crippen LogP contribution in [-0.4, -0.2) is 12.1 Å². The molecule has 1 aromatic rings. The van der Waals surface area contributed by atoms with Gasteiger partial charge in [-0.3, -0.25) is 0 Å². The molecule has 0 aliphatic heterocycles. The van der Waals surface area contributed by atoms with Crippen molar-refractivity contribution in [2.45, 2.75) is 45.4 Å². The summed E-state index contributed by atoms with van der Waals surface area (Å²) in [5.74, 6) is 0. The summed E-state index contributed by atoms with van der Waals surface area (Å²) in [6.45, 7) is 5.09. The van der Waals surface area contributed by atoms with Crippen molar-refractivity contribution < 1.29 is 4.74 Å². The number of hydrogen-bond acceptors (Lipinski definition) is 2. The van der Waals surface area contributed by atoms with Gasteiger partial charge in [-0.15, -0.1) is 0 Å². The Hall–Kier alpha value is -0.380. The first-order valence-corrected chi connectivity index (χ1v) is 6.97. The van der Waals surface area contributed by atoms with Crippen LogP contribution in [0.5, 0.6) is 0 Å². The van der Waals surface area contributed by atoms with Crippen molar-refractivity contribution in [3.8, 4) is 0 Å². The van der Waals surface area contributed by atoms with Crippen molar-refractivity contribution in [2.75, 3.05) is 0 Å². The Morgan fingerprint density at radius 1 is 1.53 bits per heavy atom. The first kappa shape index (κ1) is 13.1. The quantitative estimate of drug-likeness (QED) is 0.923. The van der Waals surface area contributed by atoms with E-state index >= 15 is 0 Å². The first-order valence-electron chi connectivity index (χ1n) is 6.18. The number of halogens is 1. The molecular weight excluding hydrogens is 278 g/mol. The number of benzene rings is 1. The molecule has 94 valence electrons. The van der Waals surface area contributed by atoms with Crippen LogP contribution in [-0.2, 0) is 11.3 Å². The normalized spacial score (nSPS) is 32.2. The maximum atomic E-state index is 6.06. The summed E-state index contributed by atoms with van der Waals surface area (Å²) >= 11 is 3.47. The first-order chi connectivity index (χ1) is 8.06. The summed E-state index contributed by atoms with van der Waals surface area (Å²) in [5.41, 5.74) is 7.43. The van der Waals surface area contributed by atoms with Gasteiger partial charge in [-0.25, -0.2) is 0 Å². The second-order valence-corrected chi connectivity index (χ2v) is 6.05. The molecule has 0 heterocycles. The molecule has 0 saturated heterocycles. The van der Waals surface area contributed by atoms with Crippen molar-refractivity contribution in [2.24, 2.45) is 11.1 Å². The molecule has 0 spiro atoms. The lowest BCUT2D eigenvalue weighted by molar-refractivity contribution is -0.126. The summed E-state index contributed by atoms with van der Waals surface area (Å²) < 4.78 is 7.09. The van der Waals surface area contributed by atoms with E-state index in [9.17, 15) is 0 Å². The van der Waals surface area contributed by atoms with E-state index in [2.05, 4.69) is 41.9 Å². The lowest BCUT2D eigenvalue weighted by Crippen LogP contribution is -2.60. The Labute approximate surface area is 112 Å². The highest BCUT2D eigenvalue weighted by Crippen LogP contribution is 2.44. The summed E-state index contributed by atoms with van der Waals surface area (Å²) in [6.07, 6.45) is 2.37. The summed E-state index contributed by atoms with van der Waals surface area (Å²) in [5, 5.41) is 0. The van der Waals surface area contributed by atoms with Crippen molar-refractivity contribution in [1.29, 1.82) is 0 Å². The molecular formula is C14H20BrNO. The van der Waals surface area contributed by atoms with E-state index in [0.29, 0.717) is 18.8 Å². The molecule has 0 amide bonds. The molecule has 1 fully saturated rings. The van der Waals surface area contributed by atoms with Gasteiger partial charge < -0.3 is 10.5 Å². The van der Waals surface area contributed by atoms with Gasteiger partial charge >= 0.3 is 0 Å². The van der Waals surface area contributed by atoms with Gasteiger partial charge in [-0.05, 0) is 30.5 Å². The minimum Gasteiger partial charge on any atom is -0.373 e. The zero-order chi connectivity index (χ0) is 12.5. The highest BCUT2D eigenvalue weighted by atomic mass is 79.9. The molecule has 1 aromatic carbocycles. The molecule has 0 aromatic heterocycles. The number of ether oxygens (including phenoxy) is 1. The smallest absolute Gasteiger partial charge is 0.0721 e. The van der Waals surface area contributed by atoms with Crippen LogP contribution in [0.3, 0.4) is 0 Å². The van der Waals surface area contributed by atoms with Crippen LogP contribution >= 0.6 is 15.9 Å². The van der Waals surface area contributed by atoms with E-state index in [-0.39, 0.29) is 5.41 Å². The molecule has 3 unspecified atom stereocenters. The van der Waals surface area contributed by atoms with Crippen molar-refractivity contribution in [3.63, 3.8) is 0 Å². The summed E-state index contributed by atoms with van der Waals surface area (Å²) in [4.78, 5) is 0. The molecule has 17 heavy (non-hydrogen) atoms. The standard InChI is InChI=1S/C14H20BrNO/c1-3-14(2)12(16)8-13(14)17-9-10-5-4-6-11(15)7-10/h4-7,12-13H,3,8-9,16H2,1-2H3. The van der Waals surface area contributed by atoms with E-state index in [1.54, 1.807) is 0 Å². The van der Waals surface area contributed by atoms with Crippen molar-refractivity contribution in [1.82, 2.24) is 0 Å². The van der Waals surface area contributed by atoms with Crippen LogP contribution in [0.1, 0.15) is 32.3 Å². The SMILES string of the molecule is CCC1(C)C(N)CC1OCc1cccc(Br)c1. The third kappa shape index (κ3) is 2.56. The van der Waals surface area contributed by atoms with E-state index in [4.69, 9.17) is 10.5 Å². The molecule has 1 aliphatic carbocycles. The number of rotatable bonds is 4. The Morgan fingerprint density at radius 2 is 2.29 bits per heavy atom. The van der Waals surface area contributed by atoms with E-state index < -0.39 is 0 Å². The minimum absolute atomic E-state index is 0.159. The van der Waals surface area contributed by atoms with Gasteiger partial charge in [-0.2, -0.15) is 0 Å². The van der Waals surface area contributed by atoms with Gasteiger partial charge in [0.05, 0.1) is 12.7 Å². The van der Waals surface area contributed by atoms with Gasteiger partial charge in [0.2, 0.25) is 0 Å². The largest absolute Gasteiger partial charge is 0.373 e. The molecule has 1 saturated carbocycles. The zero-order valence-electron chi connectivity index (χ0n) is 10.4. The number of nitrogens with two attached hydrogens (primary N) is 1. The highest BCUT2D eigenvalue weighted by Gasteiger charge is 2.49. The zero-order valence-corrected chi connectivity index (χ0v) is 12.0. The third-order valence-electron chi connectivity index (χ3n) is 4.15. The van der Waals surface area contributed by atoms with Crippen molar-refractivity contribution in [3.05, 3.63) is 34.3 Å². The van der Waals surface area contributed by atoms with Gasteiger partial charge in [0.25, 0.3) is 0 Å². The van der Waals surface area contributed by atoms with Gasteiger partial charge in [-0.1, -0.05) is 41.9 Å². The van der Waals surface area contributed by atoms with Gasteiger partial charge in [0.1, 0.15) is 0 Å². The monoisotopic (exact) mass is 297 g/mol. The van der Waals surface area contributed by atoms with Crippen LogP contribution in [0, 0.1) is 5.41 Å². The molecule has 0 radical (unpaired) electrons. The van der Waals surface area contributed by atoms with E-state index in [1.807, 2.05) is 12.1 Å². The predicted octanol–water partition coefficient (Wildman–Crippen LogP) is 3.48. The molecule has 1 aliphatic rings. The minimum atomic E-state index is 0.159. The van der Waals surface area contributed by atoms with Crippen LogP contribution in [0.2, 0.25) is 0 Å². The lowest BCUT2D eigenvalue weighted by Gasteiger charge is -2.51. The fraction of sp³-hybridized carbons (Fsp3) is 0.571. The average molecular weight is 298 g/mol. The van der Waals surface area contributed by atoms with Crippen LogP contribution in [0.15, 0.2) is 28.7 Å².